The van der Waals surface area contributed by atoms with Crippen molar-refractivity contribution in [2.75, 3.05) is 0 Å². The van der Waals surface area contributed by atoms with Gasteiger partial charge in [0.1, 0.15) is 12.1 Å². The van der Waals surface area contributed by atoms with Gasteiger partial charge in [0.2, 0.25) is 11.8 Å². The first-order valence-corrected chi connectivity index (χ1v) is 16.3. The quantitative estimate of drug-likeness (QED) is 0.104. The molecule has 19 heteroatoms. The van der Waals surface area contributed by atoms with E-state index in [1.807, 2.05) is 0 Å². The third-order valence-electron chi connectivity index (χ3n) is 6.24. The van der Waals surface area contributed by atoms with Gasteiger partial charge in [0.05, 0.1) is 4.88 Å². The van der Waals surface area contributed by atoms with E-state index in [1.54, 1.807) is 11.4 Å². The Morgan fingerprint density at radius 2 is 1.18 bits per heavy atom. The highest BCUT2D eigenvalue weighted by molar-refractivity contribution is 7.52. The van der Waals surface area contributed by atoms with Crippen molar-refractivity contribution in [1.29, 1.82) is 0 Å². The van der Waals surface area contributed by atoms with Gasteiger partial charge in [0, 0.05) is 24.0 Å². The van der Waals surface area contributed by atoms with Crippen LogP contribution in [0.3, 0.4) is 0 Å². The maximum absolute atomic E-state index is 14.0. The molecule has 8 N–H and O–H groups in total. The number of hydrogen-bond donors (Lipinski definition) is 7. The minimum absolute atomic E-state index is 0.167. The first kappa shape index (κ1) is 35.1. The molecule has 0 aliphatic rings. The molecule has 44 heavy (non-hydrogen) atoms. The topological polar surface area (TPSA) is 216 Å². The van der Waals surface area contributed by atoms with E-state index in [9.17, 15) is 41.1 Å². The van der Waals surface area contributed by atoms with Crippen LogP contribution in [-0.2, 0) is 42.9 Å². The molecule has 0 bridgehead atoms. The number of halogens is 4. The number of hydrogen-bond acceptors (Lipinski definition) is 6. The second kappa shape index (κ2) is 13.3. The number of nitrogens with one attached hydrogen (secondary N) is 2. The summed E-state index contributed by atoms with van der Waals surface area (Å²) < 4.78 is 78.3. The first-order valence-electron chi connectivity index (χ1n) is 12.2. The van der Waals surface area contributed by atoms with Crippen LogP contribution in [0.2, 0.25) is 0 Å². The van der Waals surface area contributed by atoms with Crippen LogP contribution in [0.25, 0.3) is 0 Å². The molecule has 0 aliphatic heterocycles. The zero-order valence-electron chi connectivity index (χ0n) is 22.1. The van der Waals surface area contributed by atoms with E-state index in [-0.39, 0.29) is 28.8 Å². The molecule has 238 valence electrons. The molecule has 1 aromatic heterocycles. The fourth-order valence-corrected chi connectivity index (χ4v) is 5.43. The monoisotopic (exact) mass is 681 g/mol. The van der Waals surface area contributed by atoms with Gasteiger partial charge in [-0.15, -0.1) is 11.3 Å². The molecule has 1 heterocycles. The highest BCUT2D eigenvalue weighted by Crippen LogP contribution is 2.60. The van der Waals surface area contributed by atoms with Crippen LogP contribution < -0.4 is 16.4 Å². The molecule has 0 fully saturated rings. The normalized spacial score (nSPS) is 14.0. The second-order valence-corrected chi connectivity index (χ2v) is 13.7. The number of benzene rings is 2. The molecule has 12 nitrogen and oxygen atoms in total. The number of primary amides is 1. The fraction of sp³-hybridized carbons (Fsp3) is 0.240. The van der Waals surface area contributed by atoms with E-state index >= 15 is 0 Å². The van der Waals surface area contributed by atoms with Crippen LogP contribution in [0.15, 0.2) is 66.0 Å². The summed E-state index contributed by atoms with van der Waals surface area (Å²) in [5.74, 6) is -2.70. The highest BCUT2D eigenvalue weighted by Gasteiger charge is 2.51. The Bertz CT molecular complexity index is 1600. The van der Waals surface area contributed by atoms with E-state index in [0.717, 1.165) is 59.9 Å². The summed E-state index contributed by atoms with van der Waals surface area (Å²) in [6.07, 6.45) is -0.678. The summed E-state index contributed by atoms with van der Waals surface area (Å²) in [5, 5.41) is 6.39. The summed E-state index contributed by atoms with van der Waals surface area (Å²) in [5.41, 5.74) is -5.17. The molecule has 0 radical (unpaired) electrons. The van der Waals surface area contributed by atoms with Crippen molar-refractivity contribution < 1.29 is 60.6 Å². The largest absolute Gasteiger partial charge is 0.399 e. The zero-order chi connectivity index (χ0) is 33.1. The molecule has 0 saturated heterocycles. The van der Waals surface area contributed by atoms with Crippen molar-refractivity contribution in [3.63, 3.8) is 0 Å². The van der Waals surface area contributed by atoms with Crippen molar-refractivity contribution in [3.05, 3.63) is 93.2 Å². The molecule has 0 saturated carbocycles. The SMILES string of the molecule is NC(=O)C(Cc1ccc(C(F)(F)P(=O)(O)O)cc1)NC(=O)C(Cc1ccc(C(F)(F)P(=O)(O)O)cc1)NC(=O)c1cccs1. The number of alkyl halides is 4. The number of nitrogens with two attached hydrogens (primary N) is 1. The predicted molar refractivity (Wildman–Crippen MR) is 149 cm³/mol. The summed E-state index contributed by atoms with van der Waals surface area (Å²) in [4.78, 5) is 74.1. The van der Waals surface area contributed by atoms with Gasteiger partial charge in [-0.1, -0.05) is 54.6 Å². The average molecular weight is 681 g/mol. The van der Waals surface area contributed by atoms with Crippen LogP contribution in [0.4, 0.5) is 17.6 Å². The van der Waals surface area contributed by atoms with Crippen LogP contribution in [-0.4, -0.2) is 49.4 Å². The van der Waals surface area contributed by atoms with Gasteiger partial charge in [-0.25, -0.2) is 0 Å². The minimum atomic E-state index is -5.84. The maximum atomic E-state index is 14.0. The summed E-state index contributed by atoms with van der Waals surface area (Å²) in [6, 6.07) is 7.33. The first-order chi connectivity index (χ1) is 20.2. The van der Waals surface area contributed by atoms with Gasteiger partial charge in [-0.3, -0.25) is 23.5 Å². The smallest absolute Gasteiger partial charge is 0.368 e. The molecule has 3 amide bonds. The van der Waals surface area contributed by atoms with Crippen molar-refractivity contribution >= 4 is 44.2 Å². The van der Waals surface area contributed by atoms with Gasteiger partial charge in [0.15, 0.2) is 0 Å². The Morgan fingerprint density at radius 1 is 0.750 bits per heavy atom. The Kier molecular flexibility index (Phi) is 10.6. The Morgan fingerprint density at radius 3 is 1.55 bits per heavy atom. The lowest BCUT2D eigenvalue weighted by atomic mass is 10.0. The van der Waals surface area contributed by atoms with Gasteiger partial charge in [-0.05, 0) is 22.6 Å². The van der Waals surface area contributed by atoms with Crippen LogP contribution in [0.5, 0.6) is 0 Å². The second-order valence-electron chi connectivity index (χ2n) is 9.44. The van der Waals surface area contributed by atoms with E-state index < -0.39 is 67.5 Å². The molecule has 3 rings (SSSR count). The van der Waals surface area contributed by atoms with E-state index in [0.29, 0.717) is 0 Å². The molecular weight excluding hydrogens is 656 g/mol. The third-order valence-corrected chi connectivity index (χ3v) is 9.09. The lowest BCUT2D eigenvalue weighted by Crippen LogP contribution is -2.54. The number of carbonyl (C=O) groups excluding carboxylic acids is 3. The lowest BCUT2D eigenvalue weighted by molar-refractivity contribution is -0.128. The van der Waals surface area contributed by atoms with Crippen LogP contribution in [0, 0.1) is 0 Å². The maximum Gasteiger partial charge on any atom is 0.399 e. The standard InChI is InChI=1S/C25H25F4N3O9P2S/c26-24(27,42(36,37)38)16-7-3-14(4-8-16)12-18(21(30)33)31-22(34)19(32-23(35)20-2-1-11-44-20)13-15-5-9-17(10-6-15)25(28,29)43(39,40)41/h1-11,18-19H,12-13H2,(H2,30,33)(H,31,34)(H,32,35)(H2,36,37,38)(H2,39,40,41). The zero-order valence-corrected chi connectivity index (χ0v) is 24.7. The number of amides is 3. The number of carbonyl (C=O) groups is 3. The van der Waals surface area contributed by atoms with Crippen LogP contribution >= 0.6 is 26.5 Å². The van der Waals surface area contributed by atoms with Crippen LogP contribution in [0.1, 0.15) is 31.9 Å². The Hall–Kier alpha value is -3.43. The van der Waals surface area contributed by atoms with Crippen molar-refractivity contribution in [2.45, 2.75) is 36.3 Å². The fourth-order valence-electron chi connectivity index (χ4n) is 3.83. The van der Waals surface area contributed by atoms with Crippen molar-refractivity contribution in [1.82, 2.24) is 10.6 Å². The molecule has 2 aromatic carbocycles. The van der Waals surface area contributed by atoms with E-state index in [2.05, 4.69) is 10.6 Å². The van der Waals surface area contributed by atoms with Gasteiger partial charge in [0.25, 0.3) is 5.91 Å². The van der Waals surface area contributed by atoms with E-state index in [4.69, 9.17) is 25.3 Å². The summed E-state index contributed by atoms with van der Waals surface area (Å²) >= 11 is 1.05. The average Bonchev–Trinajstić information content (AvgIpc) is 3.47. The summed E-state index contributed by atoms with van der Waals surface area (Å²) in [7, 11) is -11.7. The number of thiophene rings is 1. The highest BCUT2D eigenvalue weighted by atomic mass is 32.1. The van der Waals surface area contributed by atoms with Crippen molar-refractivity contribution in [3.8, 4) is 0 Å². The molecule has 0 spiro atoms. The van der Waals surface area contributed by atoms with Gasteiger partial charge in [-0.2, -0.15) is 17.6 Å². The Labute approximate surface area is 250 Å². The minimum Gasteiger partial charge on any atom is -0.368 e. The molecule has 2 atom stereocenters. The molecule has 3 aromatic rings. The predicted octanol–water partition coefficient (Wildman–Crippen LogP) is 2.76. The molecule has 0 aliphatic carbocycles. The lowest BCUT2D eigenvalue weighted by Gasteiger charge is -2.23. The molecular formula is C25H25F4N3O9P2S. The van der Waals surface area contributed by atoms with Crippen molar-refractivity contribution in [2.24, 2.45) is 5.73 Å². The van der Waals surface area contributed by atoms with Gasteiger partial charge >= 0.3 is 26.5 Å². The number of rotatable bonds is 13. The third kappa shape index (κ3) is 8.18. The van der Waals surface area contributed by atoms with E-state index in [1.165, 1.54) is 6.07 Å². The summed E-state index contributed by atoms with van der Waals surface area (Å²) in [6.45, 7) is 0. The Balaban J connectivity index is 1.83. The molecule has 2 unspecified atom stereocenters. The van der Waals surface area contributed by atoms with Gasteiger partial charge < -0.3 is 35.9 Å².